The van der Waals surface area contributed by atoms with Crippen LogP contribution in [-0.4, -0.2) is 27.3 Å². The molecule has 0 heterocycles. The van der Waals surface area contributed by atoms with E-state index < -0.39 is 22.4 Å². The standard InChI is InChI=1S/C4H7F3O4S/c1-2-10-3-11-12(8,9)4(5,6)7/h2-3H2,1H3. The Morgan fingerprint density at radius 1 is 1.33 bits per heavy atom. The van der Waals surface area contributed by atoms with Crippen LogP contribution in [0.3, 0.4) is 0 Å². The lowest BCUT2D eigenvalue weighted by Gasteiger charge is -2.07. The highest BCUT2D eigenvalue weighted by Gasteiger charge is 2.47. The van der Waals surface area contributed by atoms with Crippen LogP contribution in [0.5, 0.6) is 0 Å². The van der Waals surface area contributed by atoms with E-state index in [4.69, 9.17) is 0 Å². The SMILES string of the molecule is CCOCOS(=O)(=O)C(F)(F)F. The van der Waals surface area contributed by atoms with Gasteiger partial charge in [-0.2, -0.15) is 21.6 Å². The van der Waals surface area contributed by atoms with Crippen molar-refractivity contribution in [3.05, 3.63) is 0 Å². The summed E-state index contributed by atoms with van der Waals surface area (Å²) in [5, 5.41) is 0. The number of hydrogen-bond donors (Lipinski definition) is 0. The maximum atomic E-state index is 11.5. The van der Waals surface area contributed by atoms with Crippen LogP contribution in [0.15, 0.2) is 0 Å². The van der Waals surface area contributed by atoms with Gasteiger partial charge in [-0.05, 0) is 6.92 Å². The predicted octanol–water partition coefficient (Wildman–Crippen LogP) is 0.847. The molecule has 0 atom stereocenters. The molecule has 0 spiro atoms. The van der Waals surface area contributed by atoms with Gasteiger partial charge in [0.1, 0.15) is 0 Å². The predicted molar refractivity (Wildman–Crippen MR) is 32.6 cm³/mol. The minimum absolute atomic E-state index is 0.0768. The molecule has 74 valence electrons. The molecule has 0 aliphatic heterocycles. The zero-order valence-electron chi connectivity index (χ0n) is 6.09. The summed E-state index contributed by atoms with van der Waals surface area (Å²) in [7, 11) is -5.49. The summed E-state index contributed by atoms with van der Waals surface area (Å²) >= 11 is 0. The van der Waals surface area contributed by atoms with Gasteiger partial charge >= 0.3 is 15.6 Å². The highest BCUT2D eigenvalue weighted by molar-refractivity contribution is 7.87. The van der Waals surface area contributed by atoms with Crippen LogP contribution in [0, 0.1) is 0 Å². The first-order valence-corrected chi connectivity index (χ1v) is 4.25. The summed E-state index contributed by atoms with van der Waals surface area (Å²) in [6, 6.07) is 0. The first-order chi connectivity index (χ1) is 5.31. The van der Waals surface area contributed by atoms with Gasteiger partial charge in [-0.3, -0.25) is 0 Å². The average molecular weight is 208 g/mol. The lowest BCUT2D eigenvalue weighted by atomic mass is 10.9. The van der Waals surface area contributed by atoms with Crippen molar-refractivity contribution in [2.45, 2.75) is 12.4 Å². The summed E-state index contributed by atoms with van der Waals surface area (Å²) in [6.45, 7) is 0.648. The molecule has 0 radical (unpaired) electrons. The van der Waals surface area contributed by atoms with Crippen LogP contribution < -0.4 is 0 Å². The largest absolute Gasteiger partial charge is 0.523 e. The molecule has 0 N–H and O–H groups in total. The second-order valence-corrected chi connectivity index (χ2v) is 3.24. The molecule has 0 aliphatic rings. The van der Waals surface area contributed by atoms with E-state index >= 15 is 0 Å². The van der Waals surface area contributed by atoms with Crippen molar-refractivity contribution in [2.75, 3.05) is 13.4 Å². The Morgan fingerprint density at radius 3 is 2.17 bits per heavy atom. The Morgan fingerprint density at radius 2 is 1.83 bits per heavy atom. The van der Waals surface area contributed by atoms with Crippen LogP contribution in [-0.2, 0) is 19.0 Å². The first-order valence-electron chi connectivity index (χ1n) is 2.84. The van der Waals surface area contributed by atoms with Gasteiger partial charge < -0.3 is 4.74 Å². The van der Waals surface area contributed by atoms with E-state index in [0.717, 1.165) is 0 Å². The number of rotatable bonds is 4. The molecule has 0 amide bonds. The minimum atomic E-state index is -5.49. The lowest BCUT2D eigenvalue weighted by Crippen LogP contribution is -2.26. The number of halogens is 3. The van der Waals surface area contributed by atoms with E-state index in [0.29, 0.717) is 0 Å². The van der Waals surface area contributed by atoms with Crippen molar-refractivity contribution in [3.8, 4) is 0 Å². The average Bonchev–Trinajstić information content (AvgIpc) is 1.85. The second-order valence-electron chi connectivity index (χ2n) is 1.63. The Kier molecular flexibility index (Phi) is 3.94. The lowest BCUT2D eigenvalue weighted by molar-refractivity contribution is -0.0654. The van der Waals surface area contributed by atoms with Crippen LogP contribution in [0.4, 0.5) is 13.2 Å². The minimum Gasteiger partial charge on any atom is -0.354 e. The van der Waals surface area contributed by atoms with Crippen molar-refractivity contribution in [1.29, 1.82) is 0 Å². The van der Waals surface area contributed by atoms with Gasteiger partial charge in [0.25, 0.3) is 0 Å². The zero-order chi connectivity index (χ0) is 9.83. The Bertz CT molecular complexity index is 219. The van der Waals surface area contributed by atoms with Gasteiger partial charge in [0, 0.05) is 6.61 Å². The van der Waals surface area contributed by atoms with Crippen molar-refractivity contribution >= 4 is 10.1 Å². The van der Waals surface area contributed by atoms with E-state index in [1.165, 1.54) is 6.92 Å². The summed E-state index contributed by atoms with van der Waals surface area (Å²) < 4.78 is 62.4. The summed E-state index contributed by atoms with van der Waals surface area (Å²) in [4.78, 5) is 0. The molecule has 0 saturated carbocycles. The summed E-state index contributed by atoms with van der Waals surface area (Å²) in [5.74, 6) is 0. The van der Waals surface area contributed by atoms with Crippen LogP contribution in [0.25, 0.3) is 0 Å². The Balaban J connectivity index is 4.08. The molecule has 0 unspecified atom stereocenters. The van der Waals surface area contributed by atoms with Crippen molar-refractivity contribution < 1.29 is 30.5 Å². The third-order valence-electron chi connectivity index (χ3n) is 0.774. The Labute approximate surface area is 67.4 Å². The van der Waals surface area contributed by atoms with Crippen molar-refractivity contribution in [1.82, 2.24) is 0 Å². The number of ether oxygens (including phenoxy) is 1. The molecule has 4 nitrogen and oxygen atoms in total. The Hall–Kier alpha value is -0.340. The van der Waals surface area contributed by atoms with E-state index in [1.54, 1.807) is 0 Å². The number of alkyl halides is 3. The van der Waals surface area contributed by atoms with E-state index in [1.807, 2.05) is 0 Å². The van der Waals surface area contributed by atoms with Crippen LogP contribution >= 0.6 is 0 Å². The molecule has 0 saturated heterocycles. The molecule has 0 aromatic heterocycles. The van der Waals surface area contributed by atoms with Crippen molar-refractivity contribution in [3.63, 3.8) is 0 Å². The smallest absolute Gasteiger partial charge is 0.354 e. The number of hydrogen-bond acceptors (Lipinski definition) is 4. The fourth-order valence-corrected chi connectivity index (χ4v) is 0.576. The van der Waals surface area contributed by atoms with E-state index in [2.05, 4.69) is 8.92 Å². The van der Waals surface area contributed by atoms with Crippen molar-refractivity contribution in [2.24, 2.45) is 0 Å². The molecular weight excluding hydrogens is 201 g/mol. The van der Waals surface area contributed by atoms with Gasteiger partial charge in [0.15, 0.2) is 6.79 Å². The van der Waals surface area contributed by atoms with Gasteiger partial charge in [-0.1, -0.05) is 0 Å². The van der Waals surface area contributed by atoms with E-state index in [-0.39, 0.29) is 6.61 Å². The van der Waals surface area contributed by atoms with Gasteiger partial charge in [0.2, 0.25) is 0 Å². The fraction of sp³-hybridized carbons (Fsp3) is 1.00. The van der Waals surface area contributed by atoms with Crippen LogP contribution in [0.2, 0.25) is 0 Å². The third-order valence-corrected chi connectivity index (χ3v) is 1.75. The molecule has 0 rings (SSSR count). The van der Waals surface area contributed by atoms with E-state index in [9.17, 15) is 21.6 Å². The highest BCUT2D eigenvalue weighted by Crippen LogP contribution is 2.24. The maximum Gasteiger partial charge on any atom is 0.523 e. The quantitative estimate of drug-likeness (QED) is 0.297. The van der Waals surface area contributed by atoms with Crippen LogP contribution in [0.1, 0.15) is 6.92 Å². The zero-order valence-corrected chi connectivity index (χ0v) is 6.91. The van der Waals surface area contributed by atoms with Gasteiger partial charge in [-0.15, -0.1) is 0 Å². The highest BCUT2D eigenvalue weighted by atomic mass is 32.2. The molecular formula is C4H7F3O4S. The molecule has 8 heteroatoms. The topological polar surface area (TPSA) is 52.6 Å². The molecule has 0 aromatic carbocycles. The summed E-state index contributed by atoms with van der Waals surface area (Å²) in [5.41, 5.74) is -5.38. The van der Waals surface area contributed by atoms with Gasteiger partial charge in [-0.25, -0.2) is 4.18 Å². The monoisotopic (exact) mass is 208 g/mol. The normalized spacial score (nSPS) is 13.3. The summed E-state index contributed by atoms with van der Waals surface area (Å²) in [6.07, 6.45) is 0. The fourth-order valence-electron chi connectivity index (χ4n) is 0.248. The second kappa shape index (κ2) is 4.06. The first kappa shape index (κ1) is 11.7. The molecule has 0 aromatic rings. The molecule has 0 fully saturated rings. The van der Waals surface area contributed by atoms with Gasteiger partial charge in [0.05, 0.1) is 0 Å². The third kappa shape index (κ3) is 3.37. The molecule has 12 heavy (non-hydrogen) atoms. The maximum absolute atomic E-state index is 11.5. The molecule has 0 aliphatic carbocycles. The molecule has 0 bridgehead atoms.